The molecule has 1 rings (SSSR count). The molecule has 3 heteroatoms. The molecule has 0 radical (unpaired) electrons. The fourth-order valence-electron chi connectivity index (χ4n) is 1.44. The van der Waals surface area contributed by atoms with Crippen molar-refractivity contribution in [2.75, 3.05) is 0 Å². The van der Waals surface area contributed by atoms with Crippen molar-refractivity contribution in [1.82, 2.24) is 0 Å². The van der Waals surface area contributed by atoms with Crippen LogP contribution in [0.15, 0.2) is 36.4 Å². The Labute approximate surface area is 108 Å². The molecule has 0 aliphatic heterocycles. The number of aliphatic hydroxyl groups excluding tert-OH is 1. The van der Waals surface area contributed by atoms with Gasteiger partial charge in [-0.25, -0.2) is 0 Å². The average molecular weight is 255 g/mol. The van der Waals surface area contributed by atoms with Gasteiger partial charge in [-0.2, -0.15) is 0 Å². The Morgan fingerprint density at radius 2 is 2.24 bits per heavy atom. The van der Waals surface area contributed by atoms with Gasteiger partial charge in [0.2, 0.25) is 0 Å². The molecule has 1 aromatic rings. The largest absolute Gasteiger partial charge is 0.488 e. The molecule has 0 amide bonds. The molecule has 0 heterocycles. The summed E-state index contributed by atoms with van der Waals surface area (Å²) in [6.07, 6.45) is 0.623. The number of rotatable bonds is 6. The molecular formula is C14H19ClO2. The van der Waals surface area contributed by atoms with Gasteiger partial charge >= 0.3 is 0 Å². The molecule has 0 aliphatic carbocycles. The lowest BCUT2D eigenvalue weighted by molar-refractivity contribution is 0.0475. The van der Waals surface area contributed by atoms with Gasteiger partial charge in [-0.05, 0) is 38.0 Å². The predicted molar refractivity (Wildman–Crippen MR) is 71.6 cm³/mol. The van der Waals surface area contributed by atoms with Gasteiger partial charge in [0, 0.05) is 5.02 Å². The monoisotopic (exact) mass is 254 g/mol. The van der Waals surface area contributed by atoms with Gasteiger partial charge < -0.3 is 9.84 Å². The van der Waals surface area contributed by atoms with Gasteiger partial charge in [-0.3, -0.25) is 0 Å². The van der Waals surface area contributed by atoms with E-state index in [9.17, 15) is 5.11 Å². The van der Waals surface area contributed by atoms with Crippen LogP contribution in [0.2, 0.25) is 5.02 Å². The maximum Gasteiger partial charge on any atom is 0.122 e. The van der Waals surface area contributed by atoms with Crippen LogP contribution in [0.25, 0.3) is 0 Å². The lowest BCUT2D eigenvalue weighted by Crippen LogP contribution is -2.29. The minimum Gasteiger partial charge on any atom is -0.488 e. The molecule has 0 aromatic heterocycles. The summed E-state index contributed by atoms with van der Waals surface area (Å²) in [5, 5.41) is 10.6. The van der Waals surface area contributed by atoms with Crippen LogP contribution in [0.4, 0.5) is 0 Å². The summed E-state index contributed by atoms with van der Waals surface area (Å²) in [7, 11) is 0. The quantitative estimate of drug-likeness (QED) is 0.782. The van der Waals surface area contributed by atoms with E-state index in [0.717, 1.165) is 12.0 Å². The summed E-state index contributed by atoms with van der Waals surface area (Å²) in [6.45, 7) is 7.75. The highest BCUT2D eigenvalue weighted by Crippen LogP contribution is 2.20. The topological polar surface area (TPSA) is 29.5 Å². The second-order valence-electron chi connectivity index (χ2n) is 4.16. The highest BCUT2D eigenvalue weighted by atomic mass is 35.5. The van der Waals surface area contributed by atoms with Crippen LogP contribution in [-0.2, 0) is 0 Å². The van der Waals surface area contributed by atoms with E-state index in [1.165, 1.54) is 0 Å². The zero-order chi connectivity index (χ0) is 12.8. The smallest absolute Gasteiger partial charge is 0.122 e. The van der Waals surface area contributed by atoms with Crippen LogP contribution in [0.5, 0.6) is 5.75 Å². The molecule has 0 aliphatic rings. The van der Waals surface area contributed by atoms with Gasteiger partial charge in [0.25, 0.3) is 0 Å². The standard InChI is InChI=1S/C14H19ClO2/c1-4-10(2)8-14(16)11(3)17-13-7-5-6-12(15)9-13/h5-7,9,11,14,16H,2,4,8H2,1,3H3. The van der Waals surface area contributed by atoms with Crippen molar-refractivity contribution in [3.63, 3.8) is 0 Å². The summed E-state index contributed by atoms with van der Waals surface area (Å²) in [5.74, 6) is 0.672. The Morgan fingerprint density at radius 3 is 2.82 bits per heavy atom. The van der Waals surface area contributed by atoms with Crippen LogP contribution in [0, 0.1) is 0 Å². The van der Waals surface area contributed by atoms with E-state index in [4.69, 9.17) is 16.3 Å². The van der Waals surface area contributed by atoms with Gasteiger partial charge in [-0.1, -0.05) is 36.7 Å². The van der Waals surface area contributed by atoms with E-state index < -0.39 is 6.10 Å². The minimum atomic E-state index is -0.540. The summed E-state index contributed by atoms with van der Waals surface area (Å²) in [5.41, 5.74) is 1.03. The van der Waals surface area contributed by atoms with E-state index in [1.54, 1.807) is 12.1 Å². The molecule has 0 fully saturated rings. The molecule has 2 atom stereocenters. The van der Waals surface area contributed by atoms with Crippen molar-refractivity contribution < 1.29 is 9.84 Å². The first-order chi connectivity index (χ1) is 8.02. The number of benzene rings is 1. The van der Waals surface area contributed by atoms with E-state index in [0.29, 0.717) is 17.2 Å². The van der Waals surface area contributed by atoms with Crippen molar-refractivity contribution in [1.29, 1.82) is 0 Å². The van der Waals surface area contributed by atoms with Gasteiger partial charge in [0.1, 0.15) is 11.9 Å². The van der Waals surface area contributed by atoms with Crippen molar-refractivity contribution in [2.24, 2.45) is 0 Å². The molecular weight excluding hydrogens is 236 g/mol. The fraction of sp³-hybridized carbons (Fsp3) is 0.429. The third-order valence-electron chi connectivity index (χ3n) is 2.66. The van der Waals surface area contributed by atoms with Crippen LogP contribution >= 0.6 is 11.6 Å². The maximum absolute atomic E-state index is 9.93. The lowest BCUT2D eigenvalue weighted by atomic mass is 10.0. The Bertz CT molecular complexity index is 376. The average Bonchev–Trinajstić information content (AvgIpc) is 2.28. The second kappa shape index (κ2) is 6.67. The van der Waals surface area contributed by atoms with E-state index in [-0.39, 0.29) is 6.10 Å². The first-order valence-electron chi connectivity index (χ1n) is 5.80. The summed E-state index contributed by atoms with van der Waals surface area (Å²) >= 11 is 5.86. The summed E-state index contributed by atoms with van der Waals surface area (Å²) in [4.78, 5) is 0. The van der Waals surface area contributed by atoms with Gasteiger partial charge in [0.05, 0.1) is 6.10 Å². The number of hydrogen-bond donors (Lipinski definition) is 1. The molecule has 2 unspecified atom stereocenters. The zero-order valence-electron chi connectivity index (χ0n) is 10.3. The third-order valence-corrected chi connectivity index (χ3v) is 2.89. The molecule has 2 nitrogen and oxygen atoms in total. The van der Waals surface area contributed by atoms with E-state index in [1.807, 2.05) is 26.0 Å². The first-order valence-corrected chi connectivity index (χ1v) is 6.17. The number of hydrogen-bond acceptors (Lipinski definition) is 2. The first kappa shape index (κ1) is 14.1. The number of aliphatic hydroxyl groups is 1. The van der Waals surface area contributed by atoms with Crippen LogP contribution < -0.4 is 4.74 Å². The van der Waals surface area contributed by atoms with E-state index in [2.05, 4.69) is 6.58 Å². The zero-order valence-corrected chi connectivity index (χ0v) is 11.1. The summed E-state index contributed by atoms with van der Waals surface area (Å²) < 4.78 is 5.63. The lowest BCUT2D eigenvalue weighted by Gasteiger charge is -2.21. The van der Waals surface area contributed by atoms with Gasteiger partial charge in [0.15, 0.2) is 0 Å². The Kier molecular flexibility index (Phi) is 5.52. The van der Waals surface area contributed by atoms with Crippen molar-refractivity contribution >= 4 is 11.6 Å². The van der Waals surface area contributed by atoms with Crippen molar-refractivity contribution in [3.8, 4) is 5.75 Å². The van der Waals surface area contributed by atoms with Crippen LogP contribution in [0.3, 0.4) is 0 Å². The SMILES string of the molecule is C=C(CC)CC(O)C(C)Oc1cccc(Cl)c1. The van der Waals surface area contributed by atoms with Crippen LogP contribution in [-0.4, -0.2) is 17.3 Å². The number of ether oxygens (including phenoxy) is 1. The van der Waals surface area contributed by atoms with Gasteiger partial charge in [-0.15, -0.1) is 0 Å². The molecule has 94 valence electrons. The Morgan fingerprint density at radius 1 is 1.53 bits per heavy atom. The normalized spacial score (nSPS) is 14.1. The molecule has 0 spiro atoms. The van der Waals surface area contributed by atoms with E-state index >= 15 is 0 Å². The van der Waals surface area contributed by atoms with Crippen LogP contribution in [0.1, 0.15) is 26.7 Å². The molecule has 0 saturated carbocycles. The number of halogens is 1. The minimum absolute atomic E-state index is 0.281. The molecule has 0 saturated heterocycles. The maximum atomic E-state index is 9.93. The molecule has 17 heavy (non-hydrogen) atoms. The second-order valence-corrected chi connectivity index (χ2v) is 4.59. The fourth-order valence-corrected chi connectivity index (χ4v) is 1.62. The summed E-state index contributed by atoms with van der Waals surface area (Å²) in [6, 6.07) is 7.17. The third kappa shape index (κ3) is 4.80. The molecule has 1 N–H and O–H groups in total. The van der Waals surface area contributed by atoms with Crippen molar-refractivity contribution in [2.45, 2.75) is 38.9 Å². The highest BCUT2D eigenvalue weighted by Gasteiger charge is 2.16. The Balaban J connectivity index is 2.53. The Hall–Kier alpha value is -0.990. The highest BCUT2D eigenvalue weighted by molar-refractivity contribution is 6.30. The van der Waals surface area contributed by atoms with Crippen molar-refractivity contribution in [3.05, 3.63) is 41.4 Å². The predicted octanol–water partition coefficient (Wildman–Crippen LogP) is 3.82. The molecule has 0 bridgehead atoms. The molecule has 1 aromatic carbocycles.